The zero-order valence-electron chi connectivity index (χ0n) is 16.9. The molecular formula is C22H26N6O. The van der Waals surface area contributed by atoms with Crippen LogP contribution in [0.3, 0.4) is 0 Å². The van der Waals surface area contributed by atoms with Crippen LogP contribution in [0, 0.1) is 13.8 Å². The van der Waals surface area contributed by atoms with E-state index in [1.165, 1.54) is 11.1 Å². The summed E-state index contributed by atoms with van der Waals surface area (Å²) in [5.74, 6) is 2.38. The Morgan fingerprint density at radius 2 is 1.72 bits per heavy atom. The van der Waals surface area contributed by atoms with Crippen LogP contribution in [0.15, 0.2) is 36.4 Å². The quantitative estimate of drug-likeness (QED) is 0.739. The van der Waals surface area contributed by atoms with Crippen molar-refractivity contribution in [3.05, 3.63) is 58.9 Å². The molecule has 1 aromatic carbocycles. The van der Waals surface area contributed by atoms with E-state index in [-0.39, 0.29) is 0 Å². The summed E-state index contributed by atoms with van der Waals surface area (Å²) in [6, 6.07) is 13.1. The molecule has 1 saturated heterocycles. The van der Waals surface area contributed by atoms with Gasteiger partial charge in [-0.05, 0) is 43.9 Å². The number of benzene rings is 1. The largest absolute Gasteiger partial charge is 0.378 e. The highest BCUT2D eigenvalue weighted by Gasteiger charge is 2.23. The summed E-state index contributed by atoms with van der Waals surface area (Å²) < 4.78 is 7.34. The van der Waals surface area contributed by atoms with E-state index in [2.05, 4.69) is 45.6 Å². The van der Waals surface area contributed by atoms with Gasteiger partial charge in [-0.15, -0.1) is 0 Å². The first-order valence-electron chi connectivity index (χ1n) is 10.2. The van der Waals surface area contributed by atoms with Gasteiger partial charge in [-0.3, -0.25) is 0 Å². The van der Waals surface area contributed by atoms with E-state index < -0.39 is 0 Å². The molecular weight excluding hydrogens is 364 g/mol. The summed E-state index contributed by atoms with van der Waals surface area (Å²) in [6.07, 6.45) is 2.03. The number of aryl methyl sites for hydroxylation is 2. The second-order valence-corrected chi connectivity index (χ2v) is 7.87. The average Bonchev–Trinajstić information content (AvgIpc) is 3.30. The number of nitrogens with zero attached hydrogens (tertiary/aromatic N) is 5. The fourth-order valence-electron chi connectivity index (χ4n) is 4.25. The third-order valence-electron chi connectivity index (χ3n) is 5.64. The van der Waals surface area contributed by atoms with Crippen molar-refractivity contribution >= 4 is 11.6 Å². The van der Waals surface area contributed by atoms with Gasteiger partial charge >= 0.3 is 0 Å². The number of rotatable bonds is 4. The van der Waals surface area contributed by atoms with Gasteiger partial charge in [-0.2, -0.15) is 15.1 Å². The van der Waals surface area contributed by atoms with Crippen LogP contribution in [0.1, 0.15) is 22.5 Å². The summed E-state index contributed by atoms with van der Waals surface area (Å²) in [5, 5.41) is 8.25. The van der Waals surface area contributed by atoms with Crippen molar-refractivity contribution in [3.63, 3.8) is 0 Å². The molecule has 1 aliphatic carbocycles. The second-order valence-electron chi connectivity index (χ2n) is 7.87. The number of hydrogen-bond donors (Lipinski definition) is 1. The van der Waals surface area contributed by atoms with Crippen molar-refractivity contribution in [3.8, 4) is 5.95 Å². The minimum atomic E-state index is 0.341. The van der Waals surface area contributed by atoms with E-state index in [0.29, 0.717) is 12.0 Å². The van der Waals surface area contributed by atoms with Crippen LogP contribution in [0.2, 0.25) is 0 Å². The van der Waals surface area contributed by atoms with Crippen molar-refractivity contribution in [1.29, 1.82) is 0 Å². The van der Waals surface area contributed by atoms with Crippen LogP contribution in [-0.2, 0) is 17.6 Å². The lowest BCUT2D eigenvalue weighted by Crippen LogP contribution is -2.37. The van der Waals surface area contributed by atoms with E-state index >= 15 is 0 Å². The Bertz CT molecular complexity index is 999. The highest BCUT2D eigenvalue weighted by Crippen LogP contribution is 2.26. The van der Waals surface area contributed by atoms with E-state index in [1.807, 2.05) is 24.6 Å². The maximum atomic E-state index is 5.51. The summed E-state index contributed by atoms with van der Waals surface area (Å²) in [5.41, 5.74) is 4.84. The molecule has 150 valence electrons. The van der Waals surface area contributed by atoms with Crippen LogP contribution in [0.4, 0.5) is 11.6 Å². The standard InChI is InChI=1S/C22H26N6O/c1-15-11-16(2)28(26-15)22-24-20(14-21(25-22)27-7-9-29-10-8-27)23-19-12-17-5-3-4-6-18(17)13-19/h3-6,11,14,19H,7-10,12-13H2,1-2H3,(H,23,24,25). The lowest BCUT2D eigenvalue weighted by molar-refractivity contribution is 0.122. The second kappa shape index (κ2) is 7.48. The molecule has 0 radical (unpaired) electrons. The number of aromatic nitrogens is 4. The molecule has 1 aliphatic heterocycles. The molecule has 0 saturated carbocycles. The van der Waals surface area contributed by atoms with Crippen LogP contribution < -0.4 is 10.2 Å². The van der Waals surface area contributed by atoms with Crippen molar-refractivity contribution in [2.75, 3.05) is 36.5 Å². The normalized spacial score (nSPS) is 16.8. The molecule has 0 bridgehead atoms. The predicted molar refractivity (Wildman–Crippen MR) is 113 cm³/mol. The number of hydrogen-bond acceptors (Lipinski definition) is 6. The summed E-state index contributed by atoms with van der Waals surface area (Å²) in [6.45, 7) is 7.14. The van der Waals surface area contributed by atoms with Gasteiger partial charge in [-0.25, -0.2) is 4.68 Å². The molecule has 1 fully saturated rings. The van der Waals surface area contributed by atoms with Gasteiger partial charge in [0.25, 0.3) is 5.95 Å². The number of nitrogens with one attached hydrogen (secondary N) is 1. The van der Waals surface area contributed by atoms with Crippen molar-refractivity contribution in [2.45, 2.75) is 32.7 Å². The topological polar surface area (TPSA) is 68.1 Å². The lowest BCUT2D eigenvalue weighted by atomic mass is 10.1. The Balaban J connectivity index is 1.47. The highest BCUT2D eigenvalue weighted by molar-refractivity contribution is 5.53. The molecule has 2 aromatic heterocycles. The Labute approximate surface area is 170 Å². The van der Waals surface area contributed by atoms with Gasteiger partial charge in [0.1, 0.15) is 11.6 Å². The maximum absolute atomic E-state index is 5.51. The maximum Gasteiger partial charge on any atom is 0.254 e. The predicted octanol–water partition coefficient (Wildman–Crippen LogP) is 2.70. The lowest BCUT2D eigenvalue weighted by Gasteiger charge is -2.28. The first-order chi connectivity index (χ1) is 14.2. The molecule has 0 spiro atoms. The molecule has 2 aliphatic rings. The smallest absolute Gasteiger partial charge is 0.254 e. The molecule has 0 amide bonds. The van der Waals surface area contributed by atoms with Gasteiger partial charge < -0.3 is 15.0 Å². The van der Waals surface area contributed by atoms with Crippen LogP contribution >= 0.6 is 0 Å². The van der Waals surface area contributed by atoms with Crippen molar-refractivity contribution in [1.82, 2.24) is 19.7 Å². The third kappa shape index (κ3) is 3.70. The van der Waals surface area contributed by atoms with Gasteiger partial charge in [0.05, 0.1) is 18.9 Å². The molecule has 5 rings (SSSR count). The molecule has 0 unspecified atom stereocenters. The first kappa shape index (κ1) is 18.1. The number of fused-ring (bicyclic) bond motifs is 1. The molecule has 0 atom stereocenters. The van der Waals surface area contributed by atoms with E-state index in [0.717, 1.165) is 62.2 Å². The molecule has 29 heavy (non-hydrogen) atoms. The van der Waals surface area contributed by atoms with Crippen molar-refractivity contribution < 1.29 is 4.74 Å². The van der Waals surface area contributed by atoms with E-state index in [9.17, 15) is 0 Å². The first-order valence-corrected chi connectivity index (χ1v) is 10.2. The molecule has 7 nitrogen and oxygen atoms in total. The molecule has 1 N–H and O–H groups in total. The Morgan fingerprint density at radius 1 is 1.00 bits per heavy atom. The minimum absolute atomic E-state index is 0.341. The SMILES string of the molecule is Cc1cc(C)n(-c2nc(NC3Cc4ccccc4C3)cc(N3CCOCC3)n2)n1. The number of ether oxygens (including phenoxy) is 1. The van der Waals surface area contributed by atoms with Gasteiger partial charge in [-0.1, -0.05) is 24.3 Å². The average molecular weight is 390 g/mol. The fourth-order valence-corrected chi connectivity index (χ4v) is 4.25. The molecule has 3 heterocycles. The zero-order chi connectivity index (χ0) is 19.8. The van der Waals surface area contributed by atoms with Gasteiger partial charge in [0, 0.05) is 30.9 Å². The molecule has 7 heteroatoms. The van der Waals surface area contributed by atoms with E-state index in [4.69, 9.17) is 14.7 Å². The van der Waals surface area contributed by atoms with Crippen LogP contribution in [0.25, 0.3) is 5.95 Å². The fraction of sp³-hybridized carbons (Fsp3) is 0.409. The van der Waals surface area contributed by atoms with Crippen LogP contribution in [0.5, 0.6) is 0 Å². The summed E-state index contributed by atoms with van der Waals surface area (Å²) >= 11 is 0. The summed E-state index contributed by atoms with van der Waals surface area (Å²) in [7, 11) is 0. The number of morpholine rings is 1. The van der Waals surface area contributed by atoms with Crippen molar-refractivity contribution in [2.24, 2.45) is 0 Å². The Kier molecular flexibility index (Phi) is 4.67. The minimum Gasteiger partial charge on any atom is -0.378 e. The zero-order valence-corrected chi connectivity index (χ0v) is 16.9. The highest BCUT2D eigenvalue weighted by atomic mass is 16.5. The van der Waals surface area contributed by atoms with Crippen LogP contribution in [-0.4, -0.2) is 52.1 Å². The Morgan fingerprint density at radius 3 is 2.38 bits per heavy atom. The molecule has 3 aromatic rings. The van der Waals surface area contributed by atoms with E-state index in [1.54, 1.807) is 0 Å². The van der Waals surface area contributed by atoms with Gasteiger partial charge in [0.15, 0.2) is 0 Å². The van der Waals surface area contributed by atoms with Gasteiger partial charge in [0.2, 0.25) is 0 Å². The Hall–Kier alpha value is -2.93. The number of anilines is 2. The third-order valence-corrected chi connectivity index (χ3v) is 5.64. The monoisotopic (exact) mass is 390 g/mol. The summed E-state index contributed by atoms with van der Waals surface area (Å²) in [4.78, 5) is 11.9.